The number of carbonyl (C=O) groups excluding carboxylic acids is 4. The van der Waals surface area contributed by atoms with Crippen LogP contribution in [0, 0.1) is 23.6 Å². The lowest BCUT2D eigenvalue weighted by Gasteiger charge is -2.34. The molecule has 2 aromatic carbocycles. The molecule has 7 rings (SSSR count). The summed E-state index contributed by atoms with van der Waals surface area (Å²) in [4.78, 5) is 62.7. The van der Waals surface area contributed by atoms with E-state index in [2.05, 4.69) is 15.4 Å². The molecule has 2 saturated carbocycles. The van der Waals surface area contributed by atoms with Gasteiger partial charge in [-0.1, -0.05) is 26.0 Å². The van der Waals surface area contributed by atoms with E-state index in [0.717, 1.165) is 4.90 Å². The van der Waals surface area contributed by atoms with Gasteiger partial charge in [0.25, 0.3) is 5.91 Å². The molecule has 7 atom stereocenters. The highest BCUT2D eigenvalue weighted by Crippen LogP contribution is 2.46. The molecule has 3 heterocycles. The van der Waals surface area contributed by atoms with Gasteiger partial charge in [0.2, 0.25) is 33.3 Å². The summed E-state index contributed by atoms with van der Waals surface area (Å²) < 4.78 is 107. The molecule has 0 spiro atoms. The number of hydrogen-bond donors (Lipinski definition) is 3. The van der Waals surface area contributed by atoms with E-state index in [4.69, 9.17) is 23.9 Å². The molecule has 65 heavy (non-hydrogen) atoms. The van der Waals surface area contributed by atoms with Gasteiger partial charge in [0.05, 0.1) is 31.7 Å². The highest BCUT2D eigenvalue weighted by Gasteiger charge is 2.62. The Kier molecular flexibility index (Phi) is 13.1. The Hall–Kier alpha value is -5.66. The molecular weight excluding hydrogens is 879 g/mol. The topological polar surface area (TPSA) is 192 Å². The Morgan fingerprint density at radius 2 is 1.72 bits per heavy atom. The van der Waals surface area contributed by atoms with E-state index in [1.54, 1.807) is 43.3 Å². The molecule has 0 radical (unpaired) electrons. The summed E-state index contributed by atoms with van der Waals surface area (Å²) >= 11 is 0. The molecule has 352 valence electrons. The van der Waals surface area contributed by atoms with Crippen molar-refractivity contribution in [2.75, 3.05) is 20.8 Å². The maximum atomic E-state index is 15.0. The van der Waals surface area contributed by atoms with Crippen LogP contribution in [0.25, 0.3) is 22.0 Å². The van der Waals surface area contributed by atoms with Crippen LogP contribution in [0.3, 0.4) is 0 Å². The minimum Gasteiger partial charge on any atom is -0.497 e. The van der Waals surface area contributed by atoms with Crippen molar-refractivity contribution in [1.29, 1.82) is 0 Å². The summed E-state index contributed by atoms with van der Waals surface area (Å²) in [7, 11) is -1.21. The predicted octanol–water partition coefficient (Wildman–Crippen LogP) is 6.34. The lowest BCUT2D eigenvalue weighted by molar-refractivity contribution is -0.244. The van der Waals surface area contributed by atoms with Gasteiger partial charge in [0.15, 0.2) is 11.6 Å². The molecule has 1 aromatic heterocycles. The number of aromatic nitrogens is 1. The van der Waals surface area contributed by atoms with E-state index >= 15 is 0 Å². The quantitative estimate of drug-likeness (QED) is 0.152. The summed E-state index contributed by atoms with van der Waals surface area (Å²) in [5, 5.41) is 5.49. The number of hydrogen-bond acceptors (Lipinski definition) is 11. The van der Waals surface area contributed by atoms with Crippen LogP contribution in [0.1, 0.15) is 72.6 Å². The third kappa shape index (κ3) is 10.1. The fraction of sp³-hybridized carbons (Fsp3) is 0.533. The van der Waals surface area contributed by atoms with E-state index in [-0.39, 0.29) is 36.9 Å². The molecule has 0 bridgehead atoms. The first kappa shape index (κ1) is 47.3. The van der Waals surface area contributed by atoms with E-state index in [0.29, 0.717) is 73.7 Å². The Bertz CT molecular complexity index is 2500. The standard InChI is InChI=1S/C45H53F4N5O10S/c1-24-9-7-8-10-28-22-44(28,41(57)53-65(59,60)31-13-14-31)52-38(55)35-21-30(23-54(35)40(56)37(25(2)17-24)51-42(58)64-43(3,4)45(47,48)49)63-39-32-15-12-29(61-5)18-27(32)20-34(50-39)26-11-16-36(62-6)33(46)19-26/h8,10-12,15-16,18-20,24-25,28,30-31,35,37H,7,9,13-14,17,21-23H2,1-6H3,(H,51,58)(H,52,55)(H,53,57). The van der Waals surface area contributed by atoms with Gasteiger partial charge in [0, 0.05) is 23.3 Å². The molecule has 3 aromatic rings. The highest BCUT2D eigenvalue weighted by molar-refractivity contribution is 7.91. The van der Waals surface area contributed by atoms with Crippen molar-refractivity contribution in [2.45, 2.75) is 113 Å². The number of fused-ring (bicyclic) bond motifs is 3. The zero-order chi connectivity index (χ0) is 47.2. The highest BCUT2D eigenvalue weighted by atomic mass is 32.2. The van der Waals surface area contributed by atoms with Gasteiger partial charge in [-0.25, -0.2) is 22.6 Å². The number of methoxy groups -OCH3 is 2. The number of nitrogens with zero attached hydrogens (tertiary/aromatic N) is 2. The second-order valence-corrected chi connectivity index (χ2v) is 20.0. The summed E-state index contributed by atoms with van der Waals surface area (Å²) in [5.74, 6) is -4.05. The number of alkyl halides is 3. The number of nitrogens with one attached hydrogen (secondary N) is 3. The molecule has 20 heteroatoms. The molecule has 4 aliphatic rings. The number of alkyl carbamates (subject to hydrolysis) is 1. The Morgan fingerprint density at radius 3 is 2.38 bits per heavy atom. The van der Waals surface area contributed by atoms with Crippen LogP contribution >= 0.6 is 0 Å². The monoisotopic (exact) mass is 931 g/mol. The molecule has 3 N–H and O–H groups in total. The molecule has 4 amide bonds. The van der Waals surface area contributed by atoms with Crippen LogP contribution in [0.4, 0.5) is 22.4 Å². The summed E-state index contributed by atoms with van der Waals surface area (Å²) in [6.07, 6.45) is -1.81. The van der Waals surface area contributed by atoms with E-state index < -0.39 is 92.2 Å². The molecule has 7 unspecified atom stereocenters. The fourth-order valence-corrected chi connectivity index (χ4v) is 9.86. The summed E-state index contributed by atoms with van der Waals surface area (Å²) in [6, 6.07) is 8.16. The predicted molar refractivity (Wildman–Crippen MR) is 229 cm³/mol. The Balaban J connectivity index is 1.27. The maximum absolute atomic E-state index is 15.0. The number of amides is 4. The van der Waals surface area contributed by atoms with Crippen LogP contribution in [-0.4, -0.2) is 104 Å². The molecule has 15 nitrogen and oxygen atoms in total. The second kappa shape index (κ2) is 18.0. The smallest absolute Gasteiger partial charge is 0.427 e. The summed E-state index contributed by atoms with van der Waals surface area (Å²) in [5.41, 5.74) is -3.96. The van der Waals surface area contributed by atoms with Gasteiger partial charge < -0.3 is 34.5 Å². The molecule has 1 saturated heterocycles. The number of carbonyl (C=O) groups is 4. The van der Waals surface area contributed by atoms with Gasteiger partial charge in [-0.15, -0.1) is 0 Å². The van der Waals surface area contributed by atoms with Gasteiger partial charge in [0.1, 0.15) is 29.5 Å². The SMILES string of the molecule is COc1ccc2c(OC3CC4C(=O)NC5(C(=O)NS(=O)(=O)C6CC6)CC5C=CCCC(C)CC(C)C(NC(=O)OC(C)(C)C(F)(F)F)C(=O)N4C3)nc(-c3ccc(OC)c(F)c3)cc2c1. The third-order valence-corrected chi connectivity index (χ3v) is 14.5. The van der Waals surface area contributed by atoms with Crippen LogP contribution in [0.5, 0.6) is 17.4 Å². The van der Waals surface area contributed by atoms with Crippen LogP contribution in [0.15, 0.2) is 54.6 Å². The summed E-state index contributed by atoms with van der Waals surface area (Å²) in [6.45, 7) is 4.62. The molecule has 2 aliphatic heterocycles. The number of allylic oxidation sites excluding steroid dienone is 1. The van der Waals surface area contributed by atoms with E-state index in [1.807, 2.05) is 13.0 Å². The van der Waals surface area contributed by atoms with Crippen molar-refractivity contribution < 1.29 is 64.1 Å². The average molecular weight is 932 g/mol. The van der Waals surface area contributed by atoms with E-state index in [1.165, 1.54) is 26.4 Å². The van der Waals surface area contributed by atoms with Crippen molar-refractivity contribution in [3.63, 3.8) is 0 Å². The number of rotatable bonds is 10. The Morgan fingerprint density at radius 1 is 0.985 bits per heavy atom. The lowest BCUT2D eigenvalue weighted by Crippen LogP contribution is -2.59. The molecular formula is C45H53F4N5O10S. The van der Waals surface area contributed by atoms with Crippen molar-refractivity contribution in [3.8, 4) is 28.6 Å². The Labute approximate surface area is 374 Å². The van der Waals surface area contributed by atoms with Crippen molar-refractivity contribution in [2.24, 2.45) is 17.8 Å². The third-order valence-electron chi connectivity index (χ3n) is 12.6. The van der Waals surface area contributed by atoms with Gasteiger partial charge >= 0.3 is 12.3 Å². The number of sulfonamides is 1. The van der Waals surface area contributed by atoms with Crippen LogP contribution < -0.4 is 29.6 Å². The van der Waals surface area contributed by atoms with E-state index in [9.17, 15) is 45.2 Å². The molecule has 3 fully saturated rings. The van der Waals surface area contributed by atoms with Crippen molar-refractivity contribution in [1.82, 2.24) is 25.2 Å². The second-order valence-electron chi connectivity index (χ2n) is 18.0. The van der Waals surface area contributed by atoms with Crippen LogP contribution in [0.2, 0.25) is 0 Å². The minimum absolute atomic E-state index is 0.0103. The zero-order valence-electron chi connectivity index (χ0n) is 36.8. The van der Waals surface area contributed by atoms with Gasteiger partial charge in [-0.05, 0) is 112 Å². The normalized spacial score (nSPS) is 26.5. The first-order chi connectivity index (χ1) is 30.5. The average Bonchev–Trinajstić information content (AvgIpc) is 4.17. The van der Waals surface area contributed by atoms with Crippen molar-refractivity contribution in [3.05, 3.63) is 60.4 Å². The number of ether oxygens (including phenoxy) is 4. The largest absolute Gasteiger partial charge is 0.497 e. The van der Waals surface area contributed by atoms with Crippen LogP contribution in [-0.2, 0) is 29.1 Å². The first-order valence-electron chi connectivity index (χ1n) is 21.5. The number of benzene rings is 2. The minimum atomic E-state index is -4.95. The zero-order valence-corrected chi connectivity index (χ0v) is 37.6. The number of halogens is 4. The number of pyridine rings is 1. The molecule has 2 aliphatic carbocycles. The first-order valence-corrected chi connectivity index (χ1v) is 23.0. The maximum Gasteiger partial charge on any atom is 0.427 e. The fourth-order valence-electron chi connectivity index (χ4n) is 8.50. The van der Waals surface area contributed by atoms with Crippen molar-refractivity contribution >= 4 is 44.6 Å². The lowest BCUT2D eigenvalue weighted by atomic mass is 9.88. The van der Waals surface area contributed by atoms with Gasteiger partial charge in [-0.3, -0.25) is 19.1 Å². The van der Waals surface area contributed by atoms with Gasteiger partial charge in [-0.2, -0.15) is 13.2 Å².